The van der Waals surface area contributed by atoms with E-state index < -0.39 is 9.84 Å². The zero-order chi connectivity index (χ0) is 17.9. The number of allylic oxidation sites excluding steroid dienone is 1. The standard InChI is InChI=1S/C17H19N3O3S2/c1-20-9-7-19-17(20)24-10-8-18-16(21)14-5-2-4-13(12-14)15-6-3-11-25(15,22)23/h2,4-7,9,12H,3,8,10-11H2,1H3,(H,18,21). The molecule has 1 aliphatic heterocycles. The first-order valence-corrected chi connectivity index (χ1v) is 10.5. The molecule has 0 bridgehead atoms. The normalized spacial score (nSPS) is 15.8. The summed E-state index contributed by atoms with van der Waals surface area (Å²) in [6.45, 7) is 0.502. The zero-order valence-electron chi connectivity index (χ0n) is 13.8. The van der Waals surface area contributed by atoms with Gasteiger partial charge in [0.25, 0.3) is 5.91 Å². The third-order valence-electron chi connectivity index (χ3n) is 3.86. The van der Waals surface area contributed by atoms with Crippen molar-refractivity contribution in [1.82, 2.24) is 14.9 Å². The van der Waals surface area contributed by atoms with E-state index in [0.29, 0.717) is 34.8 Å². The molecule has 0 radical (unpaired) electrons. The summed E-state index contributed by atoms with van der Waals surface area (Å²) in [7, 11) is -1.29. The molecule has 1 amide bonds. The monoisotopic (exact) mass is 377 g/mol. The first kappa shape index (κ1) is 17.8. The predicted molar refractivity (Wildman–Crippen MR) is 99.1 cm³/mol. The number of thioether (sulfide) groups is 1. The average Bonchev–Trinajstić information content (AvgIpc) is 3.16. The van der Waals surface area contributed by atoms with Gasteiger partial charge in [-0.15, -0.1) is 0 Å². The minimum Gasteiger partial charge on any atom is -0.351 e. The van der Waals surface area contributed by atoms with Crippen molar-refractivity contribution in [2.45, 2.75) is 11.6 Å². The smallest absolute Gasteiger partial charge is 0.251 e. The molecule has 3 rings (SSSR count). The van der Waals surface area contributed by atoms with E-state index in [-0.39, 0.29) is 11.7 Å². The first-order valence-electron chi connectivity index (χ1n) is 7.89. The van der Waals surface area contributed by atoms with Gasteiger partial charge in [0.2, 0.25) is 0 Å². The van der Waals surface area contributed by atoms with Gasteiger partial charge in [-0.25, -0.2) is 13.4 Å². The highest BCUT2D eigenvalue weighted by atomic mass is 32.2. The molecule has 0 aliphatic carbocycles. The topological polar surface area (TPSA) is 81.1 Å². The molecule has 6 nitrogen and oxygen atoms in total. The Kier molecular flexibility index (Phi) is 5.29. The minimum atomic E-state index is -3.22. The van der Waals surface area contributed by atoms with Crippen molar-refractivity contribution in [1.29, 1.82) is 0 Å². The summed E-state index contributed by atoms with van der Waals surface area (Å²) in [5.41, 5.74) is 1.04. The minimum absolute atomic E-state index is 0.142. The van der Waals surface area contributed by atoms with Crippen molar-refractivity contribution < 1.29 is 13.2 Å². The van der Waals surface area contributed by atoms with Crippen molar-refractivity contribution in [3.8, 4) is 0 Å². The number of rotatable bonds is 6. The Bertz CT molecular complexity index is 917. The number of aryl methyl sites for hydroxylation is 1. The van der Waals surface area contributed by atoms with Gasteiger partial charge in [-0.05, 0) is 24.1 Å². The van der Waals surface area contributed by atoms with Crippen LogP contribution in [0.5, 0.6) is 0 Å². The van der Waals surface area contributed by atoms with E-state index in [1.807, 2.05) is 17.8 Å². The molecule has 1 aromatic carbocycles. The van der Waals surface area contributed by atoms with Gasteiger partial charge in [-0.2, -0.15) is 0 Å². The second kappa shape index (κ2) is 7.45. The fourth-order valence-corrected chi connectivity index (χ4v) is 4.89. The van der Waals surface area contributed by atoms with Crippen LogP contribution in [-0.2, 0) is 16.9 Å². The summed E-state index contributed by atoms with van der Waals surface area (Å²) in [6.07, 6.45) is 5.85. The molecule has 2 heterocycles. The van der Waals surface area contributed by atoms with Gasteiger partial charge in [0, 0.05) is 37.3 Å². The molecule has 2 aromatic rings. The second-order valence-electron chi connectivity index (χ2n) is 5.68. The van der Waals surface area contributed by atoms with Gasteiger partial charge in [0.1, 0.15) is 0 Å². The number of nitrogens with zero attached hydrogens (tertiary/aromatic N) is 2. The van der Waals surface area contributed by atoms with E-state index in [9.17, 15) is 13.2 Å². The fraction of sp³-hybridized carbons (Fsp3) is 0.294. The molecule has 25 heavy (non-hydrogen) atoms. The van der Waals surface area contributed by atoms with E-state index in [2.05, 4.69) is 10.3 Å². The van der Waals surface area contributed by atoms with Crippen LogP contribution in [0, 0.1) is 0 Å². The molecule has 0 fully saturated rings. The number of hydrogen-bond donors (Lipinski definition) is 1. The van der Waals surface area contributed by atoms with Crippen LogP contribution >= 0.6 is 11.8 Å². The number of sulfone groups is 1. The number of imidazole rings is 1. The summed E-state index contributed by atoms with van der Waals surface area (Å²) in [5, 5.41) is 3.75. The quantitative estimate of drug-likeness (QED) is 0.616. The van der Waals surface area contributed by atoms with Gasteiger partial charge in [-0.3, -0.25) is 4.79 Å². The predicted octanol–water partition coefficient (Wildman–Crippen LogP) is 2.10. The van der Waals surface area contributed by atoms with Gasteiger partial charge in [0.15, 0.2) is 15.0 Å². The highest BCUT2D eigenvalue weighted by Gasteiger charge is 2.24. The van der Waals surface area contributed by atoms with Gasteiger partial charge >= 0.3 is 0 Å². The Morgan fingerprint density at radius 2 is 2.24 bits per heavy atom. The lowest BCUT2D eigenvalue weighted by Gasteiger charge is -2.08. The molecule has 1 aromatic heterocycles. The Morgan fingerprint density at radius 1 is 1.40 bits per heavy atom. The van der Waals surface area contributed by atoms with Crippen molar-refractivity contribution in [3.05, 3.63) is 53.9 Å². The number of hydrogen-bond acceptors (Lipinski definition) is 5. The van der Waals surface area contributed by atoms with Gasteiger partial charge in [-0.1, -0.05) is 30.0 Å². The molecule has 0 spiro atoms. The highest BCUT2D eigenvalue weighted by molar-refractivity contribution is 8.00. The molecule has 0 unspecified atom stereocenters. The maximum Gasteiger partial charge on any atom is 0.251 e. The molecular weight excluding hydrogens is 358 g/mol. The van der Waals surface area contributed by atoms with Crippen LogP contribution in [-0.4, -0.2) is 41.9 Å². The Hall–Kier alpha value is -2.06. The van der Waals surface area contributed by atoms with E-state index in [4.69, 9.17) is 0 Å². The Morgan fingerprint density at radius 3 is 2.92 bits per heavy atom. The van der Waals surface area contributed by atoms with Gasteiger partial charge < -0.3 is 9.88 Å². The van der Waals surface area contributed by atoms with Crippen molar-refractivity contribution in [2.24, 2.45) is 7.05 Å². The molecule has 8 heteroatoms. The number of aromatic nitrogens is 2. The highest BCUT2D eigenvalue weighted by Crippen LogP contribution is 2.28. The zero-order valence-corrected chi connectivity index (χ0v) is 15.4. The average molecular weight is 377 g/mol. The Labute approximate surface area is 151 Å². The third kappa shape index (κ3) is 4.13. The molecule has 0 saturated heterocycles. The van der Waals surface area contributed by atoms with Crippen molar-refractivity contribution in [3.63, 3.8) is 0 Å². The molecule has 0 saturated carbocycles. The second-order valence-corrected chi connectivity index (χ2v) is 8.82. The van der Waals surface area contributed by atoms with E-state index >= 15 is 0 Å². The first-order chi connectivity index (χ1) is 12.0. The third-order valence-corrected chi connectivity index (χ3v) is 6.76. The number of carbonyl (C=O) groups excluding carboxylic acids is 1. The lowest BCUT2D eigenvalue weighted by molar-refractivity contribution is 0.0956. The van der Waals surface area contributed by atoms with E-state index in [1.165, 1.54) is 0 Å². The van der Waals surface area contributed by atoms with Crippen LogP contribution in [0.2, 0.25) is 0 Å². The summed E-state index contributed by atoms with van der Waals surface area (Å²) in [4.78, 5) is 16.8. The molecular formula is C17H19N3O3S2. The van der Waals surface area contributed by atoms with Gasteiger partial charge in [0.05, 0.1) is 10.7 Å². The van der Waals surface area contributed by atoms with Crippen molar-refractivity contribution in [2.75, 3.05) is 18.1 Å². The maximum atomic E-state index is 12.3. The SMILES string of the molecule is Cn1ccnc1SCCNC(=O)c1cccc(C2=CCCS2(=O)=O)c1. The fourth-order valence-electron chi connectivity index (χ4n) is 2.59. The number of amides is 1. The number of nitrogens with one attached hydrogen (secondary N) is 1. The summed E-state index contributed by atoms with van der Waals surface area (Å²) in [6, 6.07) is 6.76. The van der Waals surface area contributed by atoms with Crippen LogP contribution in [0.4, 0.5) is 0 Å². The van der Waals surface area contributed by atoms with Crippen LogP contribution in [0.15, 0.2) is 47.9 Å². The number of benzene rings is 1. The molecule has 132 valence electrons. The molecule has 1 aliphatic rings. The Balaban J connectivity index is 1.59. The van der Waals surface area contributed by atoms with Crippen LogP contribution < -0.4 is 5.32 Å². The van der Waals surface area contributed by atoms with Crippen LogP contribution in [0.25, 0.3) is 4.91 Å². The lowest BCUT2D eigenvalue weighted by Crippen LogP contribution is -2.25. The maximum absolute atomic E-state index is 12.3. The van der Waals surface area contributed by atoms with Crippen LogP contribution in [0.1, 0.15) is 22.3 Å². The van der Waals surface area contributed by atoms with Crippen molar-refractivity contribution >= 4 is 32.4 Å². The molecule has 1 N–H and O–H groups in total. The van der Waals surface area contributed by atoms with E-state index in [1.54, 1.807) is 48.3 Å². The summed E-state index contributed by atoms with van der Waals surface area (Å²) >= 11 is 1.56. The summed E-state index contributed by atoms with van der Waals surface area (Å²) < 4.78 is 26.0. The summed E-state index contributed by atoms with van der Waals surface area (Å²) in [5.74, 6) is 0.636. The van der Waals surface area contributed by atoms with Crippen LogP contribution in [0.3, 0.4) is 0 Å². The molecule has 0 atom stereocenters. The lowest BCUT2D eigenvalue weighted by atomic mass is 10.1. The largest absolute Gasteiger partial charge is 0.351 e. The number of carbonyl (C=O) groups is 1. The van der Waals surface area contributed by atoms with E-state index in [0.717, 1.165) is 5.16 Å².